The van der Waals surface area contributed by atoms with E-state index in [9.17, 15) is 42.6 Å². The van der Waals surface area contributed by atoms with Gasteiger partial charge in [-0.25, -0.2) is 13.8 Å². The lowest BCUT2D eigenvalue weighted by atomic mass is 9.81. The van der Waals surface area contributed by atoms with Crippen molar-refractivity contribution in [2.24, 2.45) is 29.6 Å². The smallest absolute Gasteiger partial charge is 0.423 e. The Morgan fingerprint density at radius 3 is 2.27 bits per heavy atom. The first kappa shape index (κ1) is 56.8. The summed E-state index contributed by atoms with van der Waals surface area (Å²) in [6.07, 6.45) is 2.65. The van der Waals surface area contributed by atoms with Crippen molar-refractivity contribution < 1.29 is 75.2 Å². The number of nitrogens with zero attached hydrogens (tertiary/aromatic N) is 2. The van der Waals surface area contributed by atoms with Crippen LogP contribution in [0, 0.1) is 29.6 Å². The lowest BCUT2D eigenvalue weighted by molar-refractivity contribution is -0.302. The highest BCUT2D eigenvalue weighted by molar-refractivity contribution is 7.85. The zero-order chi connectivity index (χ0) is 51.5. The third-order valence-corrected chi connectivity index (χ3v) is 15.4. The van der Waals surface area contributed by atoms with E-state index >= 15 is 0 Å². The lowest BCUT2D eigenvalue weighted by Crippen LogP contribution is -2.64. The van der Waals surface area contributed by atoms with E-state index in [0.29, 0.717) is 49.7 Å². The molecular formula is C50H75N3O16S. The average molecular weight is 1010 g/mol. The lowest BCUT2D eigenvalue weighted by Gasteiger charge is -2.47. The van der Waals surface area contributed by atoms with E-state index in [2.05, 4.69) is 4.98 Å². The van der Waals surface area contributed by atoms with Crippen LogP contribution in [0.5, 0.6) is 0 Å². The number of pyridine rings is 1. The van der Waals surface area contributed by atoms with Gasteiger partial charge in [-0.05, 0) is 113 Å². The van der Waals surface area contributed by atoms with Crippen LogP contribution in [0.3, 0.4) is 0 Å². The second kappa shape index (κ2) is 25.5. The Morgan fingerprint density at radius 1 is 0.943 bits per heavy atom. The predicted octanol–water partition coefficient (Wildman–Crippen LogP) is 5.06. The minimum atomic E-state index is -4.62. The van der Waals surface area contributed by atoms with Crippen LogP contribution >= 0.6 is 0 Å². The Labute approximate surface area is 412 Å². The quantitative estimate of drug-likeness (QED) is 0.149. The van der Waals surface area contributed by atoms with E-state index in [0.717, 1.165) is 10.5 Å². The van der Waals surface area contributed by atoms with Crippen molar-refractivity contribution in [1.29, 1.82) is 0 Å². The number of Topliss-reactive ketones (excluding diaryl/α,β-unsaturated/α-hetero) is 2. The van der Waals surface area contributed by atoms with Crippen LogP contribution in [-0.4, -0.2) is 140 Å². The standard InChI is InChI=1S/C50H75N3O16S/c1-10-36-22-29(2)21-30(3)23-42(64-8)45-43(65-9)25-32(5)50(60,68-45)46(56)47(57)53-20-12-11-13-37(53)48(58)67-44(33(6)38(54)27-39(36)55)31(4)24-35-14-15-40(41(26-35)63-7)69-70(61,62)52-49(59)66-28-34-16-18-51-19-17-34/h16-19,22,24,30,32-33,35-38,40-45,54,60H,10-15,20-21,23,25-28H2,1-9H3,(H,52,59)/b29-22+,31-24+/t30-,32+,33+,35-,36+,37-,38-,40-,41+,42-,43-,44?,45+,50+/m0/s1. The third kappa shape index (κ3) is 14.5. The number of hydrogen-bond acceptors (Lipinski definition) is 17. The Morgan fingerprint density at radius 2 is 1.61 bits per heavy atom. The third-order valence-electron chi connectivity index (χ3n) is 14.4. The minimum Gasteiger partial charge on any atom is -0.456 e. The minimum absolute atomic E-state index is 0.0153. The molecule has 1 unspecified atom stereocenters. The molecule has 2 amide bonds. The van der Waals surface area contributed by atoms with Gasteiger partial charge in [0.15, 0.2) is 0 Å². The van der Waals surface area contributed by atoms with E-state index in [1.807, 2.05) is 32.9 Å². The van der Waals surface area contributed by atoms with Crippen molar-refractivity contribution >= 4 is 39.8 Å². The van der Waals surface area contributed by atoms with Crippen LogP contribution in [0.2, 0.25) is 0 Å². The number of methoxy groups -OCH3 is 3. The van der Waals surface area contributed by atoms with Crippen molar-refractivity contribution in [3.8, 4) is 0 Å². The number of ether oxygens (including phenoxy) is 6. The number of allylic oxidation sites excluding steroid dienone is 3. The maximum absolute atomic E-state index is 14.5. The number of cyclic esters (lactones) is 1. The molecule has 3 N–H and O–H groups in total. The number of carbonyl (C=O) groups excluding carboxylic acids is 5. The first-order chi connectivity index (χ1) is 33.1. The molecule has 0 radical (unpaired) electrons. The normalized spacial score (nSPS) is 35.6. The summed E-state index contributed by atoms with van der Waals surface area (Å²) in [5, 5.41) is 23.9. The number of rotatable bonds is 11. The number of ketones is 2. The molecule has 70 heavy (non-hydrogen) atoms. The predicted molar refractivity (Wildman–Crippen MR) is 253 cm³/mol. The van der Waals surface area contributed by atoms with Gasteiger partial charge in [-0.1, -0.05) is 45.4 Å². The summed E-state index contributed by atoms with van der Waals surface area (Å²) in [5.74, 6) is -8.44. The van der Waals surface area contributed by atoms with Gasteiger partial charge in [0.1, 0.15) is 36.7 Å². The van der Waals surface area contributed by atoms with E-state index in [1.165, 1.54) is 33.7 Å². The molecule has 0 spiro atoms. The molecule has 0 aromatic carbocycles. The molecule has 4 aliphatic rings. The number of hydrogen-bond donors (Lipinski definition) is 3. The van der Waals surface area contributed by atoms with Crippen molar-refractivity contribution in [3.05, 3.63) is 53.4 Å². The summed E-state index contributed by atoms with van der Waals surface area (Å²) in [7, 11) is -0.198. The zero-order valence-corrected chi connectivity index (χ0v) is 42.9. The highest BCUT2D eigenvalue weighted by atomic mass is 32.2. The summed E-state index contributed by atoms with van der Waals surface area (Å²) in [5.41, 5.74) is 2.06. The van der Waals surface area contributed by atoms with Gasteiger partial charge in [-0.2, -0.15) is 13.1 Å². The van der Waals surface area contributed by atoms with Crippen molar-refractivity contribution in [3.63, 3.8) is 0 Å². The van der Waals surface area contributed by atoms with Gasteiger partial charge < -0.3 is 43.5 Å². The van der Waals surface area contributed by atoms with Gasteiger partial charge in [0.25, 0.3) is 11.7 Å². The summed E-state index contributed by atoms with van der Waals surface area (Å²) >= 11 is 0. The van der Waals surface area contributed by atoms with Crippen molar-refractivity contribution in [1.82, 2.24) is 14.6 Å². The number of aliphatic hydroxyl groups excluding tert-OH is 1. The maximum Gasteiger partial charge on any atom is 0.423 e. The van der Waals surface area contributed by atoms with Crippen LogP contribution in [0.4, 0.5) is 4.79 Å². The number of piperidine rings is 1. The fourth-order valence-corrected chi connectivity index (χ4v) is 11.3. The Hall–Kier alpha value is -4.15. The molecule has 19 nitrogen and oxygen atoms in total. The Bertz CT molecular complexity index is 2140. The molecule has 2 saturated heterocycles. The molecule has 1 aromatic heterocycles. The summed E-state index contributed by atoms with van der Waals surface area (Å²) in [4.78, 5) is 74.6. The largest absolute Gasteiger partial charge is 0.456 e. The van der Waals surface area contributed by atoms with Gasteiger partial charge in [-0.15, -0.1) is 0 Å². The maximum atomic E-state index is 14.5. The first-order valence-electron chi connectivity index (χ1n) is 24.5. The second-order valence-electron chi connectivity index (χ2n) is 19.7. The number of esters is 1. The number of aromatic nitrogens is 1. The number of carbonyl (C=O) groups is 5. The fourth-order valence-electron chi connectivity index (χ4n) is 10.4. The van der Waals surface area contributed by atoms with Gasteiger partial charge in [0.05, 0.1) is 24.4 Å². The number of nitrogens with one attached hydrogen (secondary N) is 1. The summed E-state index contributed by atoms with van der Waals surface area (Å²) in [6, 6.07) is 1.99. The van der Waals surface area contributed by atoms with Crippen LogP contribution in [0.15, 0.2) is 47.8 Å². The van der Waals surface area contributed by atoms with Gasteiger partial charge in [0, 0.05) is 64.4 Å². The molecule has 3 fully saturated rings. The molecule has 4 heterocycles. The average Bonchev–Trinajstić information content (AvgIpc) is 3.33. The first-order valence-corrected chi connectivity index (χ1v) is 25.9. The molecule has 2 bridgehead atoms. The molecule has 1 aromatic rings. The van der Waals surface area contributed by atoms with Crippen LogP contribution in [0.1, 0.15) is 118 Å². The SMILES string of the molecule is CC[C@@H]1/C=C(\C)C[C@H](C)C[C@H](OC)[C@H]2O[C@@](O)(C(=O)C(=O)N3CCCC[C@H]3C(=O)OC(/C(C)=C/[C@@H]3CC[C@H](OS(=O)(=O)NC(=O)OCc4ccncc4)[C@H](OC)C3)[C@H](C)[C@@H](O)CC1=O)[C@H](C)C[C@@H]2OC. The van der Waals surface area contributed by atoms with E-state index < -0.39 is 106 Å². The molecule has 1 saturated carbocycles. The van der Waals surface area contributed by atoms with Crippen LogP contribution in [-0.2, 0) is 68.7 Å². The van der Waals surface area contributed by atoms with Crippen LogP contribution in [0.25, 0.3) is 0 Å². The van der Waals surface area contributed by atoms with E-state index in [1.54, 1.807) is 37.6 Å². The van der Waals surface area contributed by atoms with Crippen LogP contribution < -0.4 is 4.72 Å². The fraction of sp³-hybridized carbons (Fsp3) is 0.720. The number of fused-ring (bicyclic) bond motifs is 3. The van der Waals surface area contributed by atoms with Gasteiger partial charge in [-0.3, -0.25) is 19.4 Å². The Kier molecular flexibility index (Phi) is 20.7. The highest BCUT2D eigenvalue weighted by Crippen LogP contribution is 2.39. The van der Waals surface area contributed by atoms with Gasteiger partial charge in [0.2, 0.25) is 5.79 Å². The monoisotopic (exact) mass is 1010 g/mol. The molecule has 20 heteroatoms. The van der Waals surface area contributed by atoms with E-state index in [4.69, 9.17) is 32.6 Å². The molecule has 1 aliphatic carbocycles. The Balaban J connectivity index is 1.42. The van der Waals surface area contributed by atoms with E-state index in [-0.39, 0.29) is 62.9 Å². The highest BCUT2D eigenvalue weighted by Gasteiger charge is 2.56. The summed E-state index contributed by atoms with van der Waals surface area (Å²) < 4.78 is 68.0. The molecule has 3 aliphatic heterocycles. The molecule has 5 rings (SSSR count). The molecular weight excluding hydrogens is 931 g/mol. The van der Waals surface area contributed by atoms with Crippen molar-refractivity contribution in [2.45, 2.75) is 173 Å². The topological polar surface area (TPSA) is 253 Å². The molecule has 392 valence electrons. The number of amides is 2. The number of aliphatic hydroxyl groups is 2. The van der Waals surface area contributed by atoms with Gasteiger partial charge >= 0.3 is 22.4 Å². The molecule has 14 atom stereocenters. The zero-order valence-electron chi connectivity index (χ0n) is 42.1. The second-order valence-corrected chi connectivity index (χ2v) is 21.0. The summed E-state index contributed by atoms with van der Waals surface area (Å²) in [6.45, 7) is 10.7. The van der Waals surface area contributed by atoms with Crippen molar-refractivity contribution in [2.75, 3.05) is 27.9 Å².